The van der Waals surface area contributed by atoms with Crippen LogP contribution >= 0.6 is 0 Å². The van der Waals surface area contributed by atoms with Crippen LogP contribution in [-0.2, 0) is 4.79 Å². The molecule has 1 aliphatic heterocycles. The molecule has 0 aliphatic carbocycles. The first-order valence-corrected chi connectivity index (χ1v) is 8.72. The molecule has 0 saturated carbocycles. The number of carbonyl (C=O) groups excluding carboxylic acids is 1. The third kappa shape index (κ3) is 4.36. The zero-order valence-electron chi connectivity index (χ0n) is 15.3. The second-order valence-corrected chi connectivity index (χ2v) is 6.41. The van der Waals surface area contributed by atoms with Crippen molar-refractivity contribution in [3.63, 3.8) is 0 Å². The van der Waals surface area contributed by atoms with E-state index in [-0.39, 0.29) is 24.2 Å². The third-order valence-electron chi connectivity index (χ3n) is 4.71. The van der Waals surface area contributed by atoms with E-state index < -0.39 is 11.6 Å². The Bertz CT molecular complexity index is 829. The normalized spacial score (nSPS) is 17.0. The predicted octanol–water partition coefficient (Wildman–Crippen LogP) is 3.76. The van der Waals surface area contributed by atoms with Crippen molar-refractivity contribution in [2.24, 2.45) is 0 Å². The highest BCUT2D eigenvalue weighted by molar-refractivity contribution is 5.92. The smallest absolute Gasteiger partial charge is 0.238 e. The van der Waals surface area contributed by atoms with Gasteiger partial charge in [0.05, 0.1) is 26.5 Å². The van der Waals surface area contributed by atoms with E-state index in [2.05, 4.69) is 5.32 Å². The number of amides is 1. The minimum Gasteiger partial charge on any atom is -0.497 e. The molecule has 1 unspecified atom stereocenters. The maximum absolute atomic E-state index is 13.7. The van der Waals surface area contributed by atoms with Gasteiger partial charge >= 0.3 is 0 Å². The molecular weight excluding hydrogens is 354 g/mol. The van der Waals surface area contributed by atoms with E-state index in [1.165, 1.54) is 6.07 Å². The Morgan fingerprint density at radius 2 is 2.00 bits per heavy atom. The first-order valence-electron chi connectivity index (χ1n) is 8.72. The van der Waals surface area contributed by atoms with E-state index in [0.717, 1.165) is 48.6 Å². The van der Waals surface area contributed by atoms with Gasteiger partial charge in [-0.1, -0.05) is 0 Å². The molecule has 1 fully saturated rings. The molecule has 3 rings (SSSR count). The molecule has 144 valence electrons. The van der Waals surface area contributed by atoms with Gasteiger partial charge in [0, 0.05) is 17.7 Å². The number of carbonyl (C=O) groups is 1. The minimum atomic E-state index is -0.796. The molecule has 0 bridgehead atoms. The van der Waals surface area contributed by atoms with E-state index in [1.807, 2.05) is 23.1 Å². The molecule has 27 heavy (non-hydrogen) atoms. The van der Waals surface area contributed by atoms with E-state index in [4.69, 9.17) is 9.47 Å². The average Bonchev–Trinajstić information content (AvgIpc) is 3.11. The van der Waals surface area contributed by atoms with Gasteiger partial charge in [0.2, 0.25) is 5.91 Å². The van der Waals surface area contributed by atoms with Crippen molar-refractivity contribution in [2.75, 3.05) is 32.6 Å². The summed E-state index contributed by atoms with van der Waals surface area (Å²) in [5.74, 6) is -0.381. The number of methoxy groups -OCH3 is 2. The Balaban J connectivity index is 1.74. The summed E-state index contributed by atoms with van der Waals surface area (Å²) < 4.78 is 37.5. The van der Waals surface area contributed by atoms with Crippen LogP contribution in [0.15, 0.2) is 36.4 Å². The molecule has 0 radical (unpaired) electrons. The van der Waals surface area contributed by atoms with E-state index in [9.17, 15) is 13.6 Å². The van der Waals surface area contributed by atoms with Crippen molar-refractivity contribution in [1.29, 1.82) is 0 Å². The second-order valence-electron chi connectivity index (χ2n) is 6.41. The Kier molecular flexibility index (Phi) is 5.91. The molecule has 1 atom stereocenters. The molecule has 1 saturated heterocycles. The van der Waals surface area contributed by atoms with Crippen LogP contribution in [0, 0.1) is 11.6 Å². The molecule has 1 amide bonds. The molecule has 2 aromatic rings. The van der Waals surface area contributed by atoms with Gasteiger partial charge in [0.25, 0.3) is 0 Å². The number of likely N-dealkylation sites (tertiary alicyclic amines) is 1. The number of benzene rings is 2. The van der Waals surface area contributed by atoms with Crippen LogP contribution in [0.4, 0.5) is 14.5 Å². The van der Waals surface area contributed by atoms with Crippen molar-refractivity contribution in [2.45, 2.75) is 18.9 Å². The fourth-order valence-electron chi connectivity index (χ4n) is 3.43. The Hall–Kier alpha value is -2.67. The minimum absolute atomic E-state index is 0.00105. The van der Waals surface area contributed by atoms with Gasteiger partial charge in [0.1, 0.15) is 23.1 Å². The molecule has 1 heterocycles. The standard InChI is InChI=1S/C20H22F2N2O3/c1-26-14-6-8-19(27-2)15(11-14)18-4-3-9-24(18)12-20(25)23-17-7-5-13(21)10-16(17)22/h5-8,10-11,18H,3-4,9,12H2,1-2H3,(H,23,25). The first-order chi connectivity index (χ1) is 13.0. The van der Waals surface area contributed by atoms with Gasteiger partial charge in [-0.25, -0.2) is 8.78 Å². The lowest BCUT2D eigenvalue weighted by Gasteiger charge is -2.26. The van der Waals surface area contributed by atoms with Gasteiger partial charge < -0.3 is 14.8 Å². The largest absolute Gasteiger partial charge is 0.497 e. The highest BCUT2D eigenvalue weighted by atomic mass is 19.1. The van der Waals surface area contributed by atoms with Gasteiger partial charge in [-0.15, -0.1) is 0 Å². The average molecular weight is 376 g/mol. The summed E-state index contributed by atoms with van der Waals surface area (Å²) in [5.41, 5.74) is 0.922. The van der Waals surface area contributed by atoms with Crippen LogP contribution in [0.1, 0.15) is 24.4 Å². The molecule has 1 aliphatic rings. The lowest BCUT2D eigenvalue weighted by Crippen LogP contribution is -2.33. The number of halogens is 2. The summed E-state index contributed by atoms with van der Waals surface area (Å²) in [5, 5.41) is 2.51. The third-order valence-corrected chi connectivity index (χ3v) is 4.71. The quantitative estimate of drug-likeness (QED) is 0.834. The topological polar surface area (TPSA) is 50.8 Å². The number of nitrogens with one attached hydrogen (secondary N) is 1. The van der Waals surface area contributed by atoms with Gasteiger partial charge in [-0.2, -0.15) is 0 Å². The fourth-order valence-corrected chi connectivity index (χ4v) is 3.43. The molecule has 1 N–H and O–H groups in total. The Labute approximate surface area is 156 Å². The zero-order valence-corrected chi connectivity index (χ0v) is 15.3. The maximum Gasteiger partial charge on any atom is 0.238 e. The summed E-state index contributed by atoms with van der Waals surface area (Å²) in [4.78, 5) is 14.4. The van der Waals surface area contributed by atoms with Crippen molar-refractivity contribution >= 4 is 11.6 Å². The van der Waals surface area contributed by atoms with Crippen molar-refractivity contribution in [3.8, 4) is 11.5 Å². The van der Waals surface area contributed by atoms with E-state index in [1.54, 1.807) is 14.2 Å². The van der Waals surface area contributed by atoms with E-state index >= 15 is 0 Å². The number of ether oxygens (including phenoxy) is 2. The first kappa shape index (κ1) is 19.1. The van der Waals surface area contributed by atoms with Crippen LogP contribution in [0.5, 0.6) is 11.5 Å². The number of anilines is 1. The van der Waals surface area contributed by atoms with E-state index in [0.29, 0.717) is 0 Å². The molecule has 5 nitrogen and oxygen atoms in total. The SMILES string of the molecule is COc1ccc(OC)c(C2CCCN2CC(=O)Nc2ccc(F)cc2F)c1. The number of nitrogens with zero attached hydrogens (tertiary/aromatic N) is 1. The summed E-state index contributed by atoms with van der Waals surface area (Å²) >= 11 is 0. The van der Waals surface area contributed by atoms with Crippen LogP contribution in [0.3, 0.4) is 0 Å². The van der Waals surface area contributed by atoms with Crippen LogP contribution < -0.4 is 14.8 Å². The molecule has 0 spiro atoms. The van der Waals surface area contributed by atoms with Crippen molar-refractivity contribution in [1.82, 2.24) is 4.90 Å². The summed E-state index contributed by atoms with van der Waals surface area (Å²) in [6, 6.07) is 8.66. The molecular formula is C20H22F2N2O3. The Morgan fingerprint density at radius 3 is 2.70 bits per heavy atom. The summed E-state index contributed by atoms with van der Waals surface area (Å²) in [6.07, 6.45) is 1.81. The highest BCUT2D eigenvalue weighted by Crippen LogP contribution is 2.38. The predicted molar refractivity (Wildman–Crippen MR) is 98.1 cm³/mol. The molecule has 7 heteroatoms. The van der Waals surface area contributed by atoms with Gasteiger partial charge in [-0.05, 0) is 49.7 Å². The lowest BCUT2D eigenvalue weighted by molar-refractivity contribution is -0.117. The monoisotopic (exact) mass is 376 g/mol. The zero-order chi connectivity index (χ0) is 19.4. The van der Waals surface area contributed by atoms with Crippen LogP contribution in [0.2, 0.25) is 0 Å². The van der Waals surface area contributed by atoms with Crippen LogP contribution in [0.25, 0.3) is 0 Å². The van der Waals surface area contributed by atoms with Crippen molar-refractivity contribution < 1.29 is 23.0 Å². The number of rotatable bonds is 6. The Morgan fingerprint density at radius 1 is 1.19 bits per heavy atom. The van der Waals surface area contributed by atoms with Gasteiger partial charge in [-0.3, -0.25) is 9.69 Å². The number of hydrogen-bond acceptors (Lipinski definition) is 4. The second kappa shape index (κ2) is 8.35. The summed E-state index contributed by atoms with van der Waals surface area (Å²) in [7, 11) is 3.21. The summed E-state index contributed by atoms with van der Waals surface area (Å²) in [6.45, 7) is 0.839. The maximum atomic E-state index is 13.7. The molecule has 2 aromatic carbocycles. The van der Waals surface area contributed by atoms with Crippen molar-refractivity contribution in [3.05, 3.63) is 53.6 Å². The van der Waals surface area contributed by atoms with Gasteiger partial charge in [0.15, 0.2) is 0 Å². The number of hydrogen-bond donors (Lipinski definition) is 1. The fraction of sp³-hybridized carbons (Fsp3) is 0.350. The highest BCUT2D eigenvalue weighted by Gasteiger charge is 2.30. The van der Waals surface area contributed by atoms with Crippen LogP contribution in [-0.4, -0.2) is 38.1 Å². The lowest BCUT2D eigenvalue weighted by atomic mass is 10.0. The molecule has 0 aromatic heterocycles.